The van der Waals surface area contributed by atoms with Crippen LogP contribution < -0.4 is 5.73 Å². The molecule has 2 nitrogen and oxygen atoms in total. The second-order valence-electron chi connectivity index (χ2n) is 5.52. The highest BCUT2D eigenvalue weighted by molar-refractivity contribution is 4.94. The Morgan fingerprint density at radius 1 is 1.12 bits per heavy atom. The van der Waals surface area contributed by atoms with Crippen LogP contribution in [0.2, 0.25) is 0 Å². The molecule has 0 bridgehead atoms. The standard InChI is InChI=1S/C14H29NO/c1-2-3-4-5-6-7-10-14(11-15,12-16)13-8-9-13/h13,16H,2-12,15H2,1H3. The second kappa shape index (κ2) is 7.29. The largest absolute Gasteiger partial charge is 0.396 e. The van der Waals surface area contributed by atoms with Crippen molar-refractivity contribution in [3.63, 3.8) is 0 Å². The number of nitrogens with two attached hydrogens (primary N) is 1. The molecule has 96 valence electrons. The molecule has 0 heterocycles. The summed E-state index contributed by atoms with van der Waals surface area (Å²) in [5, 5.41) is 9.55. The first-order valence-electron chi connectivity index (χ1n) is 7.10. The summed E-state index contributed by atoms with van der Waals surface area (Å²) in [6, 6.07) is 0. The van der Waals surface area contributed by atoms with Gasteiger partial charge in [-0.2, -0.15) is 0 Å². The fourth-order valence-corrected chi connectivity index (χ4v) is 2.70. The molecule has 0 aliphatic heterocycles. The molecule has 0 radical (unpaired) electrons. The minimum Gasteiger partial charge on any atom is -0.396 e. The summed E-state index contributed by atoms with van der Waals surface area (Å²) in [7, 11) is 0. The molecule has 1 rings (SSSR count). The lowest BCUT2D eigenvalue weighted by Gasteiger charge is -2.30. The second-order valence-corrected chi connectivity index (χ2v) is 5.52. The molecular weight excluding hydrogens is 198 g/mol. The van der Waals surface area contributed by atoms with E-state index in [1.807, 2.05) is 0 Å². The summed E-state index contributed by atoms with van der Waals surface area (Å²) in [5.74, 6) is 0.721. The number of rotatable bonds is 10. The smallest absolute Gasteiger partial charge is 0.0502 e. The Morgan fingerprint density at radius 3 is 2.25 bits per heavy atom. The lowest BCUT2D eigenvalue weighted by molar-refractivity contribution is 0.0961. The van der Waals surface area contributed by atoms with Crippen molar-refractivity contribution in [1.82, 2.24) is 0 Å². The summed E-state index contributed by atoms with van der Waals surface area (Å²) in [6.07, 6.45) is 11.7. The summed E-state index contributed by atoms with van der Waals surface area (Å²) < 4.78 is 0. The first-order valence-corrected chi connectivity index (χ1v) is 7.10. The van der Waals surface area contributed by atoms with Crippen molar-refractivity contribution in [1.29, 1.82) is 0 Å². The van der Waals surface area contributed by atoms with Crippen LogP contribution in [-0.4, -0.2) is 18.3 Å². The Bertz CT molecular complexity index is 174. The van der Waals surface area contributed by atoms with E-state index in [-0.39, 0.29) is 5.41 Å². The molecule has 16 heavy (non-hydrogen) atoms. The molecular formula is C14H29NO. The van der Waals surface area contributed by atoms with E-state index in [1.165, 1.54) is 51.4 Å². The monoisotopic (exact) mass is 227 g/mol. The van der Waals surface area contributed by atoms with Crippen LogP contribution in [0.1, 0.15) is 64.7 Å². The number of aliphatic hydroxyl groups is 1. The van der Waals surface area contributed by atoms with Crippen LogP contribution in [0, 0.1) is 11.3 Å². The van der Waals surface area contributed by atoms with E-state index in [0.29, 0.717) is 13.2 Å². The lowest BCUT2D eigenvalue weighted by Crippen LogP contribution is -2.36. The average Bonchev–Trinajstić information content (AvgIpc) is 3.14. The molecule has 2 heteroatoms. The van der Waals surface area contributed by atoms with Gasteiger partial charge in [0.25, 0.3) is 0 Å². The van der Waals surface area contributed by atoms with Gasteiger partial charge in [0.05, 0.1) is 6.61 Å². The zero-order chi connectivity index (χ0) is 11.9. The van der Waals surface area contributed by atoms with Gasteiger partial charge in [0.1, 0.15) is 0 Å². The fourth-order valence-electron chi connectivity index (χ4n) is 2.70. The molecule has 0 aromatic carbocycles. The zero-order valence-corrected chi connectivity index (χ0v) is 10.9. The molecule has 0 saturated heterocycles. The quantitative estimate of drug-likeness (QED) is 0.563. The van der Waals surface area contributed by atoms with E-state index in [0.717, 1.165) is 12.3 Å². The molecule has 1 fully saturated rings. The van der Waals surface area contributed by atoms with Gasteiger partial charge in [-0.05, 0) is 25.2 Å². The molecule has 1 atom stereocenters. The van der Waals surface area contributed by atoms with Gasteiger partial charge in [-0.15, -0.1) is 0 Å². The Morgan fingerprint density at radius 2 is 1.75 bits per heavy atom. The van der Waals surface area contributed by atoms with Gasteiger partial charge in [0, 0.05) is 12.0 Å². The Kier molecular flexibility index (Phi) is 6.37. The summed E-state index contributed by atoms with van der Waals surface area (Å²) in [5.41, 5.74) is 5.94. The van der Waals surface area contributed by atoms with Gasteiger partial charge in [0.15, 0.2) is 0 Å². The van der Waals surface area contributed by atoms with Crippen molar-refractivity contribution in [2.24, 2.45) is 17.1 Å². The van der Waals surface area contributed by atoms with Gasteiger partial charge in [-0.25, -0.2) is 0 Å². The number of unbranched alkanes of at least 4 members (excludes halogenated alkanes) is 5. The van der Waals surface area contributed by atoms with Gasteiger partial charge in [-0.1, -0.05) is 45.4 Å². The maximum atomic E-state index is 9.55. The van der Waals surface area contributed by atoms with E-state index < -0.39 is 0 Å². The molecule has 0 amide bonds. The van der Waals surface area contributed by atoms with Crippen LogP contribution in [0.4, 0.5) is 0 Å². The highest BCUT2D eigenvalue weighted by Crippen LogP contribution is 2.47. The number of hydrogen-bond acceptors (Lipinski definition) is 2. The predicted octanol–water partition coefficient (Wildman–Crippen LogP) is 3.08. The first kappa shape index (κ1) is 14.0. The van der Waals surface area contributed by atoms with Crippen molar-refractivity contribution in [2.75, 3.05) is 13.2 Å². The van der Waals surface area contributed by atoms with E-state index in [9.17, 15) is 5.11 Å². The van der Waals surface area contributed by atoms with Crippen LogP contribution in [-0.2, 0) is 0 Å². The van der Waals surface area contributed by atoms with Gasteiger partial charge < -0.3 is 10.8 Å². The van der Waals surface area contributed by atoms with Gasteiger partial charge in [0.2, 0.25) is 0 Å². The van der Waals surface area contributed by atoms with Crippen molar-refractivity contribution < 1.29 is 5.11 Å². The Labute approximate surface area is 101 Å². The fraction of sp³-hybridized carbons (Fsp3) is 1.00. The molecule has 0 aromatic rings. The third kappa shape index (κ3) is 4.06. The summed E-state index contributed by atoms with van der Waals surface area (Å²) in [6.45, 7) is 3.21. The minimum atomic E-state index is 0.0742. The minimum absolute atomic E-state index is 0.0742. The maximum Gasteiger partial charge on any atom is 0.0502 e. The lowest BCUT2D eigenvalue weighted by atomic mass is 9.78. The molecule has 0 aromatic heterocycles. The third-order valence-corrected chi connectivity index (χ3v) is 4.19. The van der Waals surface area contributed by atoms with E-state index in [4.69, 9.17) is 5.73 Å². The molecule has 0 spiro atoms. The molecule has 1 aliphatic rings. The van der Waals surface area contributed by atoms with Crippen LogP contribution in [0.25, 0.3) is 0 Å². The van der Waals surface area contributed by atoms with Gasteiger partial charge in [-0.3, -0.25) is 0 Å². The topological polar surface area (TPSA) is 46.2 Å². The number of aliphatic hydroxyl groups excluding tert-OH is 1. The van der Waals surface area contributed by atoms with E-state index >= 15 is 0 Å². The normalized spacial score (nSPS) is 19.7. The SMILES string of the molecule is CCCCCCCCC(CN)(CO)C1CC1. The van der Waals surface area contributed by atoms with E-state index in [1.54, 1.807) is 0 Å². The van der Waals surface area contributed by atoms with Crippen molar-refractivity contribution in [3.8, 4) is 0 Å². The van der Waals surface area contributed by atoms with Crippen LogP contribution in [0.3, 0.4) is 0 Å². The van der Waals surface area contributed by atoms with E-state index in [2.05, 4.69) is 6.92 Å². The molecule has 1 unspecified atom stereocenters. The first-order chi connectivity index (χ1) is 7.79. The average molecular weight is 227 g/mol. The summed E-state index contributed by atoms with van der Waals surface area (Å²) >= 11 is 0. The third-order valence-electron chi connectivity index (χ3n) is 4.19. The highest BCUT2D eigenvalue weighted by Gasteiger charge is 2.43. The van der Waals surface area contributed by atoms with Crippen LogP contribution in [0.5, 0.6) is 0 Å². The van der Waals surface area contributed by atoms with Crippen molar-refractivity contribution in [3.05, 3.63) is 0 Å². The molecule has 1 aliphatic carbocycles. The highest BCUT2D eigenvalue weighted by atomic mass is 16.3. The van der Waals surface area contributed by atoms with Crippen molar-refractivity contribution >= 4 is 0 Å². The maximum absolute atomic E-state index is 9.55. The van der Waals surface area contributed by atoms with Crippen molar-refractivity contribution in [2.45, 2.75) is 64.7 Å². The molecule has 1 saturated carbocycles. The Balaban J connectivity index is 2.13. The van der Waals surface area contributed by atoms with Crippen LogP contribution >= 0.6 is 0 Å². The predicted molar refractivity (Wildman–Crippen MR) is 69.3 cm³/mol. The number of hydrogen-bond donors (Lipinski definition) is 2. The Hall–Kier alpha value is -0.0800. The van der Waals surface area contributed by atoms with Gasteiger partial charge >= 0.3 is 0 Å². The zero-order valence-electron chi connectivity index (χ0n) is 10.9. The summed E-state index contributed by atoms with van der Waals surface area (Å²) in [4.78, 5) is 0. The van der Waals surface area contributed by atoms with Crippen LogP contribution in [0.15, 0.2) is 0 Å². The molecule has 3 N–H and O–H groups in total.